The van der Waals surface area contributed by atoms with Crippen LogP contribution in [0.3, 0.4) is 0 Å². The predicted octanol–water partition coefficient (Wildman–Crippen LogP) is -5.33. The van der Waals surface area contributed by atoms with Crippen LogP contribution in [0, 0.1) is 30.6 Å². The van der Waals surface area contributed by atoms with E-state index in [1.54, 1.807) is 0 Å². The molecule has 0 aromatic heterocycles. The van der Waals surface area contributed by atoms with Crippen molar-refractivity contribution >= 4 is 61.4 Å². The molecule has 0 aliphatic heterocycles. The van der Waals surface area contributed by atoms with E-state index >= 15 is 0 Å². The molecule has 0 saturated heterocycles. The molecule has 0 bridgehead atoms. The van der Waals surface area contributed by atoms with Crippen molar-refractivity contribution in [3.05, 3.63) is 30.6 Å². The zero-order valence-electron chi connectivity index (χ0n) is 15.1. The second kappa shape index (κ2) is 20.2. The zero-order chi connectivity index (χ0) is 22.9. The van der Waals surface area contributed by atoms with Crippen LogP contribution in [0.25, 0.3) is 0 Å². The van der Waals surface area contributed by atoms with Gasteiger partial charge in [-0.15, -0.1) is 0 Å². The SMILES string of the molecule is NC(=O)CN(CCN(CC(N)=O)CC(N)=O)CC(N)=O.O=[N+]([O-])[O-].O=[N+]([O-])[O-].[Ca+2]. The normalized spacial score (nSPS) is 9.03. The third kappa shape index (κ3) is 41.1. The van der Waals surface area contributed by atoms with Crippen LogP contribution in [0.5, 0.6) is 0 Å². The van der Waals surface area contributed by atoms with Crippen molar-refractivity contribution in [2.24, 2.45) is 22.9 Å². The maximum absolute atomic E-state index is 10.9. The minimum Gasteiger partial charge on any atom is -0.369 e. The van der Waals surface area contributed by atoms with E-state index in [0.29, 0.717) is 0 Å². The summed E-state index contributed by atoms with van der Waals surface area (Å²) in [6, 6.07) is 0. The van der Waals surface area contributed by atoms with E-state index in [-0.39, 0.29) is 77.0 Å². The third-order valence-electron chi connectivity index (χ3n) is 2.25. The van der Waals surface area contributed by atoms with E-state index in [0.717, 1.165) is 0 Å². The summed E-state index contributed by atoms with van der Waals surface area (Å²) >= 11 is 0. The molecule has 0 fully saturated rings. The summed E-state index contributed by atoms with van der Waals surface area (Å²) in [4.78, 5) is 62.7. The maximum atomic E-state index is 10.9. The number of hydrogen-bond donors (Lipinski definition) is 4. The topological polar surface area (TPSA) is 311 Å². The number of carbonyl (C=O) groups excluding carboxylic acids is 4. The largest absolute Gasteiger partial charge is 2.00 e. The van der Waals surface area contributed by atoms with Crippen molar-refractivity contribution < 1.29 is 29.4 Å². The van der Waals surface area contributed by atoms with Gasteiger partial charge in [0.25, 0.3) is 0 Å². The van der Waals surface area contributed by atoms with Gasteiger partial charge in [0.1, 0.15) is 0 Å². The van der Waals surface area contributed by atoms with Gasteiger partial charge in [0.15, 0.2) is 0 Å². The van der Waals surface area contributed by atoms with Gasteiger partial charge in [0, 0.05) is 13.1 Å². The van der Waals surface area contributed by atoms with E-state index in [9.17, 15) is 19.2 Å². The zero-order valence-corrected chi connectivity index (χ0v) is 17.3. The van der Waals surface area contributed by atoms with Gasteiger partial charge in [0.2, 0.25) is 23.6 Å². The summed E-state index contributed by atoms with van der Waals surface area (Å²) in [5.41, 5.74) is 20.2. The molecular weight excluding hydrogens is 432 g/mol. The Bertz CT molecular complexity index is 475. The van der Waals surface area contributed by atoms with Gasteiger partial charge in [0.05, 0.1) is 36.4 Å². The van der Waals surface area contributed by atoms with Gasteiger partial charge in [-0.05, 0) is 0 Å². The van der Waals surface area contributed by atoms with Crippen LogP contribution < -0.4 is 22.9 Å². The molecule has 0 saturated carbocycles. The summed E-state index contributed by atoms with van der Waals surface area (Å²) in [6.07, 6.45) is 0. The Morgan fingerprint density at radius 3 is 0.828 bits per heavy atom. The standard InChI is InChI=1S/C10H20N6O4.Ca.2NO3/c11-7(17)3-15(4-8(12)18)1-2-16(5-9(13)19)6-10(14)20;;2*2-1(3)4/h1-6H2,(H2,11,17)(H2,12,18)(H2,13,19)(H2,14,20);;;/q;+2;2*-1. The van der Waals surface area contributed by atoms with Crippen molar-refractivity contribution in [1.29, 1.82) is 0 Å². The number of hydrogen-bond acceptors (Lipinski definition) is 12. The van der Waals surface area contributed by atoms with Crippen LogP contribution in [0.1, 0.15) is 0 Å². The van der Waals surface area contributed by atoms with Crippen molar-refractivity contribution in [2.75, 3.05) is 39.3 Å². The molecule has 0 unspecified atom stereocenters. The number of nitrogens with zero attached hydrogens (tertiary/aromatic N) is 4. The molecule has 0 rings (SSSR count). The maximum Gasteiger partial charge on any atom is 2.00 e. The van der Waals surface area contributed by atoms with E-state index in [1.165, 1.54) is 9.80 Å². The van der Waals surface area contributed by atoms with Crippen LogP contribution in [0.15, 0.2) is 0 Å². The smallest absolute Gasteiger partial charge is 0.369 e. The number of primary amides is 4. The minimum atomic E-state index is -1.75. The average Bonchev–Trinajstić information content (AvgIpc) is 2.40. The average molecular weight is 452 g/mol. The molecule has 18 nitrogen and oxygen atoms in total. The van der Waals surface area contributed by atoms with E-state index in [1.807, 2.05) is 0 Å². The third-order valence-corrected chi connectivity index (χ3v) is 2.25. The van der Waals surface area contributed by atoms with E-state index < -0.39 is 33.8 Å². The molecule has 29 heavy (non-hydrogen) atoms. The summed E-state index contributed by atoms with van der Waals surface area (Å²) in [5.74, 6) is -2.49. The fourth-order valence-electron chi connectivity index (χ4n) is 1.59. The van der Waals surface area contributed by atoms with Gasteiger partial charge in [-0.1, -0.05) is 0 Å². The fourth-order valence-corrected chi connectivity index (χ4v) is 1.59. The second-order valence-corrected chi connectivity index (χ2v) is 4.73. The molecule has 0 aliphatic rings. The van der Waals surface area contributed by atoms with Crippen LogP contribution in [0.4, 0.5) is 0 Å². The first kappa shape index (κ1) is 34.0. The van der Waals surface area contributed by atoms with Gasteiger partial charge >= 0.3 is 37.7 Å². The first-order valence-electron chi connectivity index (χ1n) is 6.88. The Morgan fingerprint density at radius 1 is 0.586 bits per heavy atom. The number of nitrogens with two attached hydrogens (primary N) is 4. The van der Waals surface area contributed by atoms with E-state index in [4.69, 9.17) is 53.6 Å². The number of carbonyl (C=O) groups is 4. The molecule has 0 radical (unpaired) electrons. The quantitative estimate of drug-likeness (QED) is 0.130. The fraction of sp³-hybridized carbons (Fsp3) is 0.600. The van der Waals surface area contributed by atoms with Gasteiger partial charge < -0.3 is 53.6 Å². The minimum absolute atomic E-state index is 0. The summed E-state index contributed by atoms with van der Waals surface area (Å²) in [5, 5.41) is 29.5. The number of amides is 4. The summed E-state index contributed by atoms with van der Waals surface area (Å²) < 4.78 is 0. The van der Waals surface area contributed by atoms with Crippen LogP contribution in [-0.2, 0) is 19.2 Å². The molecule has 0 aromatic carbocycles. The second-order valence-electron chi connectivity index (χ2n) is 4.73. The van der Waals surface area contributed by atoms with Crippen molar-refractivity contribution in [3.8, 4) is 0 Å². The molecular formula is C10H20CaN8O10. The Kier molecular flexibility index (Phi) is 23.7. The Balaban J connectivity index is -0.000000294. The molecule has 19 heteroatoms. The van der Waals surface area contributed by atoms with Crippen molar-refractivity contribution in [2.45, 2.75) is 0 Å². The Hall–Kier alpha value is -2.54. The molecule has 0 aromatic rings. The van der Waals surface area contributed by atoms with Gasteiger partial charge in [-0.25, -0.2) is 0 Å². The van der Waals surface area contributed by atoms with Crippen molar-refractivity contribution in [1.82, 2.24) is 9.80 Å². The summed E-state index contributed by atoms with van der Waals surface area (Å²) in [7, 11) is 0. The summed E-state index contributed by atoms with van der Waals surface area (Å²) in [6.45, 7) is -0.249. The molecule has 4 amide bonds. The first-order valence-corrected chi connectivity index (χ1v) is 6.88. The first-order chi connectivity index (χ1) is 12.7. The molecule has 162 valence electrons. The van der Waals surface area contributed by atoms with Crippen LogP contribution in [-0.4, -0.2) is 121 Å². The molecule has 8 N–H and O–H groups in total. The molecule has 0 atom stereocenters. The number of rotatable bonds is 11. The van der Waals surface area contributed by atoms with Gasteiger partial charge in [-0.2, -0.15) is 0 Å². The molecule has 0 spiro atoms. The predicted molar refractivity (Wildman–Crippen MR) is 96.1 cm³/mol. The van der Waals surface area contributed by atoms with Crippen LogP contribution in [0.2, 0.25) is 0 Å². The van der Waals surface area contributed by atoms with Crippen molar-refractivity contribution in [3.63, 3.8) is 0 Å². The molecule has 0 heterocycles. The van der Waals surface area contributed by atoms with E-state index in [2.05, 4.69) is 0 Å². The monoisotopic (exact) mass is 452 g/mol. The Morgan fingerprint density at radius 2 is 0.724 bits per heavy atom. The Labute approximate surface area is 192 Å². The van der Waals surface area contributed by atoms with Gasteiger partial charge in [-0.3, -0.25) is 29.0 Å². The molecule has 0 aliphatic carbocycles. The van der Waals surface area contributed by atoms with Crippen LogP contribution >= 0.6 is 0 Å².